The van der Waals surface area contributed by atoms with Crippen molar-refractivity contribution < 1.29 is 9.32 Å². The average molecular weight is 358 g/mol. The summed E-state index contributed by atoms with van der Waals surface area (Å²) in [5.41, 5.74) is 1.10. The van der Waals surface area contributed by atoms with E-state index in [1.54, 1.807) is 4.68 Å². The number of aryl methyl sites for hydroxylation is 1. The number of piperidine rings is 1. The van der Waals surface area contributed by atoms with Gasteiger partial charge in [-0.05, 0) is 19.3 Å². The van der Waals surface area contributed by atoms with Crippen LogP contribution in [0.25, 0.3) is 0 Å². The highest BCUT2D eigenvalue weighted by atomic mass is 16.5. The summed E-state index contributed by atoms with van der Waals surface area (Å²) in [7, 11) is 1.91. The van der Waals surface area contributed by atoms with Crippen LogP contribution in [-0.2, 0) is 11.8 Å². The van der Waals surface area contributed by atoms with E-state index >= 15 is 0 Å². The Bertz CT molecular complexity index is 778. The Labute approximate surface area is 152 Å². The van der Waals surface area contributed by atoms with Gasteiger partial charge in [-0.25, -0.2) is 0 Å². The molecule has 26 heavy (non-hydrogen) atoms. The van der Waals surface area contributed by atoms with E-state index in [4.69, 9.17) is 4.52 Å². The first-order valence-corrected chi connectivity index (χ1v) is 9.40. The van der Waals surface area contributed by atoms with E-state index in [1.165, 1.54) is 0 Å². The minimum Gasteiger partial charge on any atom is -0.337 e. The Morgan fingerprint density at radius 3 is 2.77 bits per heavy atom. The number of nitrogens with zero attached hydrogens (tertiary/aromatic N) is 5. The van der Waals surface area contributed by atoms with Crippen LogP contribution in [0.4, 0.5) is 6.01 Å². The van der Waals surface area contributed by atoms with Gasteiger partial charge in [0.15, 0.2) is 5.82 Å². The number of aromatic nitrogens is 4. The first-order valence-electron chi connectivity index (χ1n) is 9.40. The zero-order chi connectivity index (χ0) is 18.3. The normalized spacial score (nSPS) is 23.7. The molecule has 4 rings (SSSR count). The van der Waals surface area contributed by atoms with E-state index in [1.807, 2.05) is 33.3 Å². The molecule has 1 aliphatic carbocycles. The number of rotatable bonds is 6. The average Bonchev–Trinajstić information content (AvgIpc) is 3.16. The summed E-state index contributed by atoms with van der Waals surface area (Å²) in [5, 5.41) is 11.6. The first kappa shape index (κ1) is 17.1. The van der Waals surface area contributed by atoms with E-state index in [9.17, 15) is 4.79 Å². The molecule has 1 saturated carbocycles. The molecule has 2 fully saturated rings. The summed E-state index contributed by atoms with van der Waals surface area (Å²) < 4.78 is 7.10. The maximum absolute atomic E-state index is 12.6. The summed E-state index contributed by atoms with van der Waals surface area (Å²) in [6.07, 6.45) is 7.55. The van der Waals surface area contributed by atoms with Crippen molar-refractivity contribution in [3.63, 3.8) is 0 Å². The minimum absolute atomic E-state index is 0.0532. The lowest BCUT2D eigenvalue weighted by atomic mass is 9.85. The van der Waals surface area contributed by atoms with Crippen molar-refractivity contribution in [3.8, 4) is 0 Å². The number of nitrogens with one attached hydrogen (secondary N) is 1. The fourth-order valence-corrected chi connectivity index (χ4v) is 3.76. The molecule has 3 heterocycles. The third-order valence-corrected chi connectivity index (χ3v) is 5.24. The molecule has 2 aromatic heterocycles. The lowest BCUT2D eigenvalue weighted by Gasteiger charge is -2.41. The predicted molar refractivity (Wildman–Crippen MR) is 95.4 cm³/mol. The van der Waals surface area contributed by atoms with Gasteiger partial charge in [-0.15, -0.1) is 0 Å². The molecule has 0 bridgehead atoms. The minimum atomic E-state index is 0.0532. The topological polar surface area (TPSA) is 89.1 Å². The Morgan fingerprint density at radius 2 is 2.15 bits per heavy atom. The van der Waals surface area contributed by atoms with Gasteiger partial charge >= 0.3 is 6.01 Å². The van der Waals surface area contributed by atoms with Crippen LogP contribution in [-0.4, -0.2) is 43.3 Å². The summed E-state index contributed by atoms with van der Waals surface area (Å²) in [6, 6.07) is 0.886. The van der Waals surface area contributed by atoms with Crippen molar-refractivity contribution in [2.45, 2.75) is 57.5 Å². The number of carbonyl (C=O) groups is 1. The molecule has 0 unspecified atom stereocenters. The van der Waals surface area contributed by atoms with Crippen LogP contribution in [0.3, 0.4) is 0 Å². The van der Waals surface area contributed by atoms with Crippen molar-refractivity contribution in [2.24, 2.45) is 13.0 Å². The molecule has 2 aromatic rings. The fraction of sp³-hybridized carbons (Fsp3) is 0.667. The molecule has 1 N–H and O–H groups in total. The molecule has 1 saturated heterocycles. The van der Waals surface area contributed by atoms with Gasteiger partial charge in [0, 0.05) is 49.7 Å². The van der Waals surface area contributed by atoms with Crippen LogP contribution < -0.4 is 5.32 Å². The second-order valence-electron chi connectivity index (χ2n) is 7.72. The smallest absolute Gasteiger partial charge is 0.321 e. The highest BCUT2D eigenvalue weighted by Crippen LogP contribution is 2.43. The number of hydrogen-bond donors (Lipinski definition) is 1. The van der Waals surface area contributed by atoms with Crippen molar-refractivity contribution in [1.82, 2.24) is 24.8 Å². The van der Waals surface area contributed by atoms with E-state index < -0.39 is 0 Å². The SMILES string of the molecule is CC(C)c1noc(NC[C@H]2CCC(=O)N(C3CC3)[C@@H]2c2cnn(C)c2)n1. The Balaban J connectivity index is 1.53. The zero-order valence-electron chi connectivity index (χ0n) is 15.6. The van der Waals surface area contributed by atoms with E-state index in [0.717, 1.165) is 24.8 Å². The molecule has 8 nitrogen and oxygen atoms in total. The van der Waals surface area contributed by atoms with Crippen molar-refractivity contribution in [3.05, 3.63) is 23.8 Å². The fourth-order valence-electron chi connectivity index (χ4n) is 3.76. The number of likely N-dealkylation sites (tertiary alicyclic amines) is 1. The molecular formula is C18H26N6O2. The second kappa shape index (κ2) is 6.74. The van der Waals surface area contributed by atoms with Crippen molar-refractivity contribution >= 4 is 11.9 Å². The lowest BCUT2D eigenvalue weighted by molar-refractivity contribution is -0.139. The quantitative estimate of drug-likeness (QED) is 0.853. The molecule has 8 heteroatoms. The second-order valence-corrected chi connectivity index (χ2v) is 7.72. The van der Waals surface area contributed by atoms with Crippen LogP contribution in [0.1, 0.15) is 62.9 Å². The van der Waals surface area contributed by atoms with Gasteiger partial charge in [0.25, 0.3) is 0 Å². The first-order chi connectivity index (χ1) is 12.5. The highest BCUT2D eigenvalue weighted by molar-refractivity contribution is 5.78. The van der Waals surface area contributed by atoms with Crippen LogP contribution in [0.15, 0.2) is 16.9 Å². The van der Waals surface area contributed by atoms with Gasteiger partial charge in [-0.3, -0.25) is 9.48 Å². The Morgan fingerprint density at radius 1 is 1.35 bits per heavy atom. The number of hydrogen-bond acceptors (Lipinski definition) is 6. The Hall–Kier alpha value is -2.38. The maximum Gasteiger partial charge on any atom is 0.321 e. The molecule has 2 atom stereocenters. The number of amides is 1. The molecule has 2 aliphatic rings. The van der Waals surface area contributed by atoms with E-state index in [0.29, 0.717) is 30.8 Å². The summed E-state index contributed by atoms with van der Waals surface area (Å²) in [5.74, 6) is 1.48. The van der Waals surface area contributed by atoms with Crippen molar-refractivity contribution in [1.29, 1.82) is 0 Å². The van der Waals surface area contributed by atoms with Gasteiger partial charge in [0.1, 0.15) is 0 Å². The highest BCUT2D eigenvalue weighted by Gasteiger charge is 2.44. The monoisotopic (exact) mass is 358 g/mol. The summed E-state index contributed by atoms with van der Waals surface area (Å²) in [6.45, 7) is 4.76. The molecule has 0 aromatic carbocycles. The van der Waals surface area contributed by atoms with Crippen LogP contribution in [0.5, 0.6) is 0 Å². The maximum atomic E-state index is 12.6. The van der Waals surface area contributed by atoms with Crippen LogP contribution in [0, 0.1) is 5.92 Å². The van der Waals surface area contributed by atoms with Gasteiger partial charge in [-0.2, -0.15) is 10.1 Å². The molecular weight excluding hydrogens is 332 g/mol. The summed E-state index contributed by atoms with van der Waals surface area (Å²) >= 11 is 0. The predicted octanol–water partition coefficient (Wildman–Crippen LogP) is 2.48. The Kier molecular flexibility index (Phi) is 4.42. The van der Waals surface area contributed by atoms with E-state index in [-0.39, 0.29) is 23.8 Å². The largest absolute Gasteiger partial charge is 0.337 e. The van der Waals surface area contributed by atoms with E-state index in [2.05, 4.69) is 25.5 Å². The molecule has 0 radical (unpaired) electrons. The third kappa shape index (κ3) is 3.32. The molecule has 0 spiro atoms. The van der Waals surface area contributed by atoms with Gasteiger partial charge in [0.2, 0.25) is 5.91 Å². The zero-order valence-corrected chi connectivity index (χ0v) is 15.6. The lowest BCUT2D eigenvalue weighted by Crippen LogP contribution is -2.45. The van der Waals surface area contributed by atoms with Crippen molar-refractivity contribution in [2.75, 3.05) is 11.9 Å². The molecule has 1 amide bonds. The standard InChI is InChI=1S/C18H26N6O2/c1-11(2)17-21-18(26-22-17)19-8-12-4-7-15(25)24(14-5-6-14)16(12)13-9-20-23(3)10-13/h9-12,14,16H,4-8H2,1-3H3,(H,19,21,22)/t12-,16+/m1/s1. The number of carbonyl (C=O) groups excluding carboxylic acids is 1. The summed E-state index contributed by atoms with van der Waals surface area (Å²) in [4.78, 5) is 19.1. The van der Waals surface area contributed by atoms with Crippen LogP contribution >= 0.6 is 0 Å². The van der Waals surface area contributed by atoms with Gasteiger partial charge < -0.3 is 14.7 Å². The van der Waals surface area contributed by atoms with Crippen LogP contribution in [0.2, 0.25) is 0 Å². The van der Waals surface area contributed by atoms with Gasteiger partial charge in [-0.1, -0.05) is 19.0 Å². The third-order valence-electron chi connectivity index (χ3n) is 5.24. The number of anilines is 1. The van der Waals surface area contributed by atoms with Gasteiger partial charge in [0.05, 0.1) is 12.2 Å². The molecule has 140 valence electrons. The molecule has 1 aliphatic heterocycles.